The lowest BCUT2D eigenvalue weighted by Crippen LogP contribution is -2.55. The van der Waals surface area contributed by atoms with Crippen LogP contribution in [0.15, 0.2) is 48.5 Å². The molecule has 2 aromatic carbocycles. The van der Waals surface area contributed by atoms with Gasteiger partial charge in [-0.2, -0.15) is 0 Å². The number of likely N-dealkylation sites (tertiary alicyclic amines) is 1. The molecule has 0 saturated carbocycles. The summed E-state index contributed by atoms with van der Waals surface area (Å²) in [6, 6.07) is 13.8. The highest BCUT2D eigenvalue weighted by Crippen LogP contribution is 2.24. The second kappa shape index (κ2) is 11.7. The fourth-order valence-electron chi connectivity index (χ4n) is 4.22. The minimum atomic E-state index is -0.677. The van der Waals surface area contributed by atoms with Crippen molar-refractivity contribution >= 4 is 17.7 Å². The van der Waals surface area contributed by atoms with Crippen molar-refractivity contribution in [3.8, 4) is 5.75 Å². The van der Waals surface area contributed by atoms with Crippen LogP contribution in [-0.4, -0.2) is 54.9 Å². The van der Waals surface area contributed by atoms with E-state index in [4.69, 9.17) is 4.74 Å². The van der Waals surface area contributed by atoms with Crippen molar-refractivity contribution in [3.05, 3.63) is 65.2 Å². The number of nitrogens with zero attached hydrogens (tertiary/aromatic N) is 1. The van der Waals surface area contributed by atoms with Crippen molar-refractivity contribution in [2.24, 2.45) is 5.92 Å². The largest absolute Gasteiger partial charge is 0.497 e. The average Bonchev–Trinajstić information content (AvgIpc) is 2.86. The SMILES string of the molecule is CC[C@H](C)NC(=O)[C@H](NC(=O)c1cccc(OC)c1)C1CCN(C(=O)c2cccc(C)c2)CC1. The predicted octanol–water partition coefficient (Wildman–Crippen LogP) is 3.57. The highest BCUT2D eigenvalue weighted by Gasteiger charge is 2.34. The van der Waals surface area contributed by atoms with Gasteiger partial charge in [0, 0.05) is 30.3 Å². The quantitative estimate of drug-likeness (QED) is 0.624. The first-order valence-corrected chi connectivity index (χ1v) is 11.9. The maximum Gasteiger partial charge on any atom is 0.253 e. The van der Waals surface area contributed by atoms with Crippen molar-refractivity contribution in [2.45, 2.75) is 52.1 Å². The molecule has 0 unspecified atom stereocenters. The molecule has 1 aliphatic heterocycles. The zero-order valence-electron chi connectivity index (χ0n) is 20.5. The number of piperidine rings is 1. The fraction of sp³-hybridized carbons (Fsp3) is 0.444. The Kier molecular flexibility index (Phi) is 8.68. The normalized spacial score (nSPS) is 15.8. The van der Waals surface area contributed by atoms with E-state index >= 15 is 0 Å². The molecule has 0 bridgehead atoms. The molecule has 0 aliphatic carbocycles. The van der Waals surface area contributed by atoms with Gasteiger partial charge in [0.05, 0.1) is 7.11 Å². The van der Waals surface area contributed by atoms with Gasteiger partial charge in [-0.05, 0) is 69.4 Å². The minimum Gasteiger partial charge on any atom is -0.497 e. The van der Waals surface area contributed by atoms with E-state index in [1.807, 2.05) is 49.9 Å². The van der Waals surface area contributed by atoms with Crippen molar-refractivity contribution in [3.63, 3.8) is 0 Å². The maximum atomic E-state index is 13.1. The molecule has 2 atom stereocenters. The van der Waals surface area contributed by atoms with E-state index < -0.39 is 6.04 Å². The Morgan fingerprint density at radius 3 is 2.35 bits per heavy atom. The van der Waals surface area contributed by atoms with Crippen LogP contribution >= 0.6 is 0 Å². The van der Waals surface area contributed by atoms with Gasteiger partial charge in [0.25, 0.3) is 11.8 Å². The van der Waals surface area contributed by atoms with Gasteiger partial charge in [0.1, 0.15) is 11.8 Å². The molecule has 7 nitrogen and oxygen atoms in total. The van der Waals surface area contributed by atoms with Crippen LogP contribution < -0.4 is 15.4 Å². The van der Waals surface area contributed by atoms with Crippen LogP contribution in [0.5, 0.6) is 5.75 Å². The summed E-state index contributed by atoms with van der Waals surface area (Å²) >= 11 is 0. The van der Waals surface area contributed by atoms with Crippen molar-refractivity contribution in [2.75, 3.05) is 20.2 Å². The molecule has 182 valence electrons. The van der Waals surface area contributed by atoms with Crippen LogP contribution in [0.1, 0.15) is 59.4 Å². The standard InChI is InChI=1S/C27H35N3O4/c1-5-19(3)28-26(32)24(29-25(31)21-9-7-11-23(17-21)34-4)20-12-14-30(15-13-20)27(33)22-10-6-8-18(2)16-22/h6-11,16-17,19-20,24H,5,12-15H2,1-4H3,(H,28,32)(H,29,31)/t19-,24+/m0/s1. The summed E-state index contributed by atoms with van der Waals surface area (Å²) in [5.74, 6) is 0.00935. The molecular weight excluding hydrogens is 430 g/mol. The molecule has 34 heavy (non-hydrogen) atoms. The third-order valence-corrected chi connectivity index (χ3v) is 6.47. The second-order valence-electron chi connectivity index (χ2n) is 9.00. The molecule has 1 saturated heterocycles. The summed E-state index contributed by atoms with van der Waals surface area (Å²) in [6.07, 6.45) is 2.06. The molecule has 7 heteroatoms. The maximum absolute atomic E-state index is 13.1. The highest BCUT2D eigenvalue weighted by atomic mass is 16.5. The van der Waals surface area contributed by atoms with Gasteiger partial charge in [-0.25, -0.2) is 0 Å². The molecule has 2 aromatic rings. The zero-order valence-corrected chi connectivity index (χ0v) is 20.5. The average molecular weight is 466 g/mol. The monoisotopic (exact) mass is 465 g/mol. The van der Waals surface area contributed by atoms with Gasteiger partial charge in [-0.15, -0.1) is 0 Å². The second-order valence-corrected chi connectivity index (χ2v) is 9.00. The van der Waals surface area contributed by atoms with E-state index in [2.05, 4.69) is 10.6 Å². The third-order valence-electron chi connectivity index (χ3n) is 6.47. The summed E-state index contributed by atoms with van der Waals surface area (Å²) in [5, 5.41) is 5.97. The van der Waals surface area contributed by atoms with E-state index in [0.717, 1.165) is 12.0 Å². The number of amides is 3. The van der Waals surface area contributed by atoms with Gasteiger partial charge in [0.2, 0.25) is 5.91 Å². The third kappa shape index (κ3) is 6.37. The molecule has 0 spiro atoms. The first kappa shape index (κ1) is 25.3. The van der Waals surface area contributed by atoms with Crippen LogP contribution in [0, 0.1) is 12.8 Å². The number of hydrogen-bond donors (Lipinski definition) is 2. The number of rotatable bonds is 8. The molecule has 1 fully saturated rings. The van der Waals surface area contributed by atoms with Gasteiger partial charge >= 0.3 is 0 Å². The fourth-order valence-corrected chi connectivity index (χ4v) is 4.22. The van der Waals surface area contributed by atoms with Crippen LogP contribution in [0.4, 0.5) is 0 Å². The number of carbonyl (C=O) groups excluding carboxylic acids is 3. The predicted molar refractivity (Wildman–Crippen MR) is 132 cm³/mol. The molecule has 1 aliphatic rings. The van der Waals surface area contributed by atoms with Crippen molar-refractivity contribution < 1.29 is 19.1 Å². The number of nitrogens with one attached hydrogen (secondary N) is 2. The molecule has 2 N–H and O–H groups in total. The molecule has 0 aromatic heterocycles. The van der Waals surface area contributed by atoms with E-state index in [1.165, 1.54) is 0 Å². The summed E-state index contributed by atoms with van der Waals surface area (Å²) in [4.78, 5) is 40.9. The Bertz CT molecular complexity index is 1010. The number of benzene rings is 2. The van der Waals surface area contributed by atoms with Gasteiger partial charge in [0.15, 0.2) is 0 Å². The van der Waals surface area contributed by atoms with E-state index in [0.29, 0.717) is 42.8 Å². The molecule has 3 rings (SSSR count). The van der Waals surface area contributed by atoms with Crippen LogP contribution in [0.2, 0.25) is 0 Å². The Labute approximate surface area is 201 Å². The Morgan fingerprint density at radius 2 is 1.71 bits per heavy atom. The highest BCUT2D eigenvalue weighted by molar-refractivity contribution is 5.98. The Hall–Kier alpha value is -3.35. The smallest absolute Gasteiger partial charge is 0.253 e. The Balaban J connectivity index is 1.71. The van der Waals surface area contributed by atoms with Crippen LogP contribution in [0.3, 0.4) is 0 Å². The minimum absolute atomic E-state index is 0.00294. The zero-order chi connectivity index (χ0) is 24.7. The molecule has 3 amide bonds. The lowest BCUT2D eigenvalue weighted by molar-refractivity contribution is -0.125. The number of methoxy groups -OCH3 is 1. The number of hydrogen-bond acceptors (Lipinski definition) is 4. The summed E-state index contributed by atoms with van der Waals surface area (Å²) in [7, 11) is 1.55. The van der Waals surface area contributed by atoms with E-state index in [1.54, 1.807) is 31.4 Å². The van der Waals surface area contributed by atoms with E-state index in [-0.39, 0.29) is 29.7 Å². The lowest BCUT2D eigenvalue weighted by atomic mass is 9.88. The van der Waals surface area contributed by atoms with Gasteiger partial charge < -0.3 is 20.3 Å². The van der Waals surface area contributed by atoms with Gasteiger partial charge in [-0.3, -0.25) is 14.4 Å². The molecule has 0 radical (unpaired) electrons. The number of ether oxygens (including phenoxy) is 1. The van der Waals surface area contributed by atoms with Crippen molar-refractivity contribution in [1.82, 2.24) is 15.5 Å². The topological polar surface area (TPSA) is 87.7 Å². The lowest BCUT2D eigenvalue weighted by Gasteiger charge is -2.36. The van der Waals surface area contributed by atoms with Gasteiger partial charge in [-0.1, -0.05) is 30.7 Å². The molecular formula is C27H35N3O4. The Morgan fingerprint density at radius 1 is 1.03 bits per heavy atom. The summed E-state index contributed by atoms with van der Waals surface area (Å²) < 4.78 is 5.22. The van der Waals surface area contributed by atoms with E-state index in [9.17, 15) is 14.4 Å². The first-order chi connectivity index (χ1) is 16.3. The number of carbonyl (C=O) groups is 3. The summed E-state index contributed by atoms with van der Waals surface area (Å²) in [6.45, 7) is 7.00. The number of aryl methyl sites for hydroxylation is 1. The first-order valence-electron chi connectivity index (χ1n) is 11.9. The van der Waals surface area contributed by atoms with Crippen LogP contribution in [-0.2, 0) is 4.79 Å². The van der Waals surface area contributed by atoms with Crippen LogP contribution in [0.25, 0.3) is 0 Å². The summed E-state index contributed by atoms with van der Waals surface area (Å²) in [5.41, 5.74) is 2.16. The molecule has 1 heterocycles. The van der Waals surface area contributed by atoms with Crippen molar-refractivity contribution in [1.29, 1.82) is 0 Å².